The van der Waals surface area contributed by atoms with Crippen molar-refractivity contribution in [3.63, 3.8) is 0 Å². The van der Waals surface area contributed by atoms with Gasteiger partial charge >= 0.3 is 0 Å². The van der Waals surface area contributed by atoms with Crippen molar-refractivity contribution in [3.8, 4) is 0 Å². The standard InChI is InChI=1S/C23H21N5O4S/c1-14(24-21(30)17-10-11-32-12-17)20(29)27-28-22(31)16-8-6-15(7-9-16)13-33-23-25-18-4-2-3-5-19(18)26-23/h2-12,14H,13H2,1H3,(H,24,30)(H,25,26)(H,27,29)(H,28,31). The lowest BCUT2D eigenvalue weighted by atomic mass is 10.1. The number of para-hydroxylation sites is 2. The zero-order valence-corrected chi connectivity index (χ0v) is 18.4. The van der Waals surface area contributed by atoms with Crippen LogP contribution >= 0.6 is 11.8 Å². The zero-order valence-electron chi connectivity index (χ0n) is 17.6. The minimum Gasteiger partial charge on any atom is -0.472 e. The number of thioether (sulfide) groups is 1. The fourth-order valence-corrected chi connectivity index (χ4v) is 3.78. The Hall–Kier alpha value is -4.05. The van der Waals surface area contributed by atoms with E-state index in [0.717, 1.165) is 21.8 Å². The van der Waals surface area contributed by atoms with E-state index in [2.05, 4.69) is 26.1 Å². The van der Waals surface area contributed by atoms with E-state index >= 15 is 0 Å². The first kappa shape index (κ1) is 22.2. The van der Waals surface area contributed by atoms with E-state index in [1.807, 2.05) is 36.4 Å². The van der Waals surface area contributed by atoms with Crippen LogP contribution in [0.5, 0.6) is 0 Å². The highest BCUT2D eigenvalue weighted by molar-refractivity contribution is 7.98. The fourth-order valence-electron chi connectivity index (χ4n) is 2.94. The van der Waals surface area contributed by atoms with Crippen LogP contribution in [0.15, 0.2) is 76.7 Å². The van der Waals surface area contributed by atoms with E-state index < -0.39 is 23.8 Å². The first-order valence-corrected chi connectivity index (χ1v) is 11.1. The Bertz CT molecular complexity index is 1230. The molecule has 0 saturated heterocycles. The maximum absolute atomic E-state index is 12.3. The number of hydrazine groups is 1. The number of carbonyl (C=O) groups is 3. The number of benzene rings is 2. The van der Waals surface area contributed by atoms with Gasteiger partial charge in [0.15, 0.2) is 5.16 Å². The molecule has 9 nitrogen and oxygen atoms in total. The number of aromatic amines is 1. The summed E-state index contributed by atoms with van der Waals surface area (Å²) in [6.45, 7) is 1.51. The summed E-state index contributed by atoms with van der Waals surface area (Å²) in [5.41, 5.74) is 8.29. The van der Waals surface area contributed by atoms with Gasteiger partial charge in [-0.2, -0.15) is 0 Å². The van der Waals surface area contributed by atoms with Crippen LogP contribution in [-0.4, -0.2) is 33.7 Å². The summed E-state index contributed by atoms with van der Waals surface area (Å²) in [7, 11) is 0. The van der Waals surface area contributed by atoms with E-state index in [1.165, 1.54) is 25.5 Å². The van der Waals surface area contributed by atoms with Gasteiger partial charge in [0.05, 0.1) is 22.9 Å². The average Bonchev–Trinajstić information content (AvgIpc) is 3.51. The lowest BCUT2D eigenvalue weighted by Crippen LogP contribution is -2.51. The molecule has 1 atom stereocenters. The summed E-state index contributed by atoms with van der Waals surface area (Å²) in [4.78, 5) is 44.2. The van der Waals surface area contributed by atoms with Gasteiger partial charge in [-0.1, -0.05) is 36.0 Å². The fraction of sp³-hybridized carbons (Fsp3) is 0.130. The molecule has 0 saturated carbocycles. The highest BCUT2D eigenvalue weighted by atomic mass is 32.2. The molecular formula is C23H21N5O4S. The molecule has 0 aliphatic carbocycles. The Morgan fingerprint density at radius 1 is 1.00 bits per heavy atom. The second kappa shape index (κ2) is 10.0. The molecule has 1 unspecified atom stereocenters. The molecule has 2 aromatic carbocycles. The number of nitrogens with one attached hydrogen (secondary N) is 4. The first-order valence-electron chi connectivity index (χ1n) is 10.1. The van der Waals surface area contributed by atoms with Crippen LogP contribution in [0.25, 0.3) is 11.0 Å². The van der Waals surface area contributed by atoms with Gasteiger partial charge in [0, 0.05) is 11.3 Å². The average molecular weight is 464 g/mol. The number of furan rings is 1. The Kier molecular flexibility index (Phi) is 6.75. The van der Waals surface area contributed by atoms with Crippen molar-refractivity contribution in [1.82, 2.24) is 26.1 Å². The topological polar surface area (TPSA) is 129 Å². The second-order valence-corrected chi connectivity index (χ2v) is 8.16. The molecule has 0 aliphatic heterocycles. The maximum Gasteiger partial charge on any atom is 0.269 e. The molecule has 0 aliphatic rings. The third-order valence-electron chi connectivity index (χ3n) is 4.78. The van der Waals surface area contributed by atoms with Crippen LogP contribution in [0.4, 0.5) is 0 Å². The lowest BCUT2D eigenvalue weighted by molar-refractivity contribution is -0.123. The van der Waals surface area contributed by atoms with Crippen LogP contribution in [0.3, 0.4) is 0 Å². The van der Waals surface area contributed by atoms with E-state index in [-0.39, 0.29) is 0 Å². The van der Waals surface area contributed by atoms with Crippen LogP contribution in [0.2, 0.25) is 0 Å². The minimum atomic E-state index is -0.856. The molecule has 4 rings (SSSR count). The predicted molar refractivity (Wildman–Crippen MR) is 123 cm³/mol. The number of aromatic nitrogens is 2. The molecule has 10 heteroatoms. The van der Waals surface area contributed by atoms with Gasteiger partial charge < -0.3 is 14.7 Å². The first-order chi connectivity index (χ1) is 16.0. The van der Waals surface area contributed by atoms with Crippen molar-refractivity contribution in [2.24, 2.45) is 0 Å². The Balaban J connectivity index is 1.24. The summed E-state index contributed by atoms with van der Waals surface area (Å²) in [5.74, 6) is -0.784. The quantitative estimate of drug-likeness (QED) is 0.246. The van der Waals surface area contributed by atoms with Crippen molar-refractivity contribution in [1.29, 1.82) is 0 Å². The number of rotatable bonds is 7. The van der Waals surface area contributed by atoms with Crippen LogP contribution < -0.4 is 16.2 Å². The van der Waals surface area contributed by atoms with Crippen molar-refractivity contribution < 1.29 is 18.8 Å². The van der Waals surface area contributed by atoms with Gasteiger partial charge in [-0.05, 0) is 42.8 Å². The second-order valence-electron chi connectivity index (χ2n) is 7.20. The van der Waals surface area contributed by atoms with Crippen LogP contribution in [-0.2, 0) is 10.5 Å². The highest BCUT2D eigenvalue weighted by Gasteiger charge is 2.18. The number of imidazole rings is 1. The predicted octanol–water partition coefficient (Wildman–Crippen LogP) is 3.03. The van der Waals surface area contributed by atoms with Crippen molar-refractivity contribution in [2.75, 3.05) is 0 Å². The summed E-state index contributed by atoms with van der Waals surface area (Å²) < 4.78 is 4.84. The number of amides is 3. The SMILES string of the molecule is CC(NC(=O)c1ccoc1)C(=O)NNC(=O)c1ccc(CSc2nc3ccccc3[nH]2)cc1. The molecule has 2 heterocycles. The van der Waals surface area contributed by atoms with Crippen molar-refractivity contribution in [2.45, 2.75) is 23.9 Å². The summed E-state index contributed by atoms with van der Waals surface area (Å²) >= 11 is 1.57. The molecule has 3 amide bonds. The monoisotopic (exact) mass is 463 g/mol. The summed E-state index contributed by atoms with van der Waals surface area (Å²) in [6.07, 6.45) is 2.64. The van der Waals surface area contributed by atoms with Gasteiger partial charge in [0.1, 0.15) is 12.3 Å². The lowest BCUT2D eigenvalue weighted by Gasteiger charge is -2.14. The zero-order chi connectivity index (χ0) is 23.2. The van der Waals surface area contributed by atoms with Gasteiger partial charge in [-0.3, -0.25) is 25.2 Å². The molecule has 33 heavy (non-hydrogen) atoms. The van der Waals surface area contributed by atoms with E-state index in [4.69, 9.17) is 4.42 Å². The van der Waals surface area contributed by atoms with Gasteiger partial charge in [-0.15, -0.1) is 0 Å². The third kappa shape index (κ3) is 5.60. The number of H-pyrrole nitrogens is 1. The number of nitrogens with zero attached hydrogens (tertiary/aromatic N) is 1. The Morgan fingerprint density at radius 2 is 1.79 bits per heavy atom. The summed E-state index contributed by atoms with van der Waals surface area (Å²) in [5, 5.41) is 3.35. The molecule has 0 radical (unpaired) electrons. The molecular weight excluding hydrogens is 442 g/mol. The molecule has 0 bridgehead atoms. The maximum atomic E-state index is 12.3. The Labute approximate surface area is 193 Å². The summed E-state index contributed by atoms with van der Waals surface area (Å²) in [6, 6.07) is 15.5. The van der Waals surface area contributed by atoms with Crippen molar-refractivity contribution in [3.05, 3.63) is 83.8 Å². The van der Waals surface area contributed by atoms with Crippen LogP contribution in [0, 0.1) is 0 Å². The van der Waals surface area contributed by atoms with Gasteiger partial charge in [-0.25, -0.2) is 4.98 Å². The van der Waals surface area contributed by atoms with Gasteiger partial charge in [0.2, 0.25) is 0 Å². The smallest absolute Gasteiger partial charge is 0.269 e. The number of fused-ring (bicyclic) bond motifs is 1. The molecule has 4 N–H and O–H groups in total. The Morgan fingerprint density at radius 3 is 2.52 bits per heavy atom. The van der Waals surface area contributed by atoms with E-state index in [9.17, 15) is 14.4 Å². The van der Waals surface area contributed by atoms with E-state index in [1.54, 1.807) is 23.9 Å². The molecule has 168 valence electrons. The minimum absolute atomic E-state index is 0.303. The molecule has 0 spiro atoms. The highest BCUT2D eigenvalue weighted by Crippen LogP contribution is 2.23. The normalized spacial score (nSPS) is 11.7. The van der Waals surface area contributed by atoms with Crippen molar-refractivity contribution >= 4 is 40.5 Å². The third-order valence-corrected chi connectivity index (χ3v) is 5.73. The number of carbonyl (C=O) groups excluding carboxylic acids is 3. The number of hydrogen-bond acceptors (Lipinski definition) is 6. The number of hydrogen-bond donors (Lipinski definition) is 4. The van der Waals surface area contributed by atoms with Gasteiger partial charge in [0.25, 0.3) is 17.7 Å². The largest absolute Gasteiger partial charge is 0.472 e. The molecule has 0 fully saturated rings. The molecule has 2 aromatic heterocycles. The molecule has 4 aromatic rings. The van der Waals surface area contributed by atoms with E-state index in [0.29, 0.717) is 16.9 Å². The van der Waals surface area contributed by atoms with Crippen LogP contribution in [0.1, 0.15) is 33.2 Å².